The molecule has 0 radical (unpaired) electrons. The first kappa shape index (κ1) is 11.0. The van der Waals surface area contributed by atoms with Crippen molar-refractivity contribution < 1.29 is 9.47 Å². The zero-order chi connectivity index (χ0) is 12.5. The van der Waals surface area contributed by atoms with Crippen LogP contribution in [0.4, 0.5) is 0 Å². The summed E-state index contributed by atoms with van der Waals surface area (Å²) < 4.78 is 10.2. The van der Waals surface area contributed by atoms with Crippen molar-refractivity contribution >= 4 is 22.5 Å². The summed E-state index contributed by atoms with van der Waals surface area (Å²) in [5.41, 5.74) is 1.54. The predicted octanol–water partition coefficient (Wildman–Crippen LogP) is 2.70. The summed E-state index contributed by atoms with van der Waals surface area (Å²) in [4.78, 5) is 13.0. The summed E-state index contributed by atoms with van der Waals surface area (Å²) in [7, 11) is 3.24. The Labute approximate surface area is 107 Å². The molecule has 0 aliphatic heterocycles. The number of methoxy groups -OCH3 is 2. The Morgan fingerprint density at radius 1 is 1.17 bits per heavy atom. The minimum absolute atomic E-state index is 0.560. The van der Waals surface area contributed by atoms with E-state index in [1.54, 1.807) is 31.6 Å². The van der Waals surface area contributed by atoms with Crippen molar-refractivity contribution in [3.8, 4) is 22.3 Å². The minimum Gasteiger partial charge on any atom is -0.496 e. The maximum Gasteiger partial charge on any atom is 0.215 e. The number of thiophene rings is 1. The third-order valence-corrected chi connectivity index (χ3v) is 3.49. The van der Waals surface area contributed by atoms with E-state index in [1.807, 2.05) is 17.5 Å². The summed E-state index contributed by atoms with van der Waals surface area (Å²) >= 11 is 1.57. The van der Waals surface area contributed by atoms with E-state index in [0.717, 1.165) is 22.0 Å². The van der Waals surface area contributed by atoms with Gasteiger partial charge >= 0.3 is 0 Å². The molecule has 0 aliphatic carbocycles. The van der Waals surface area contributed by atoms with Gasteiger partial charge in [-0.05, 0) is 6.07 Å². The Morgan fingerprint density at radius 2 is 2.06 bits per heavy atom. The van der Waals surface area contributed by atoms with E-state index >= 15 is 0 Å². The van der Waals surface area contributed by atoms with Crippen LogP contribution in [0.15, 0.2) is 23.6 Å². The molecular weight excluding hydrogens is 250 g/mol. The molecule has 0 amide bonds. The van der Waals surface area contributed by atoms with Gasteiger partial charge in [0.2, 0.25) is 5.88 Å². The maximum atomic E-state index is 5.16. The number of H-pyrrole nitrogens is 1. The number of hydrogen-bond acceptors (Lipinski definition) is 5. The molecule has 0 saturated carbocycles. The fraction of sp³-hybridized carbons (Fsp3) is 0.167. The van der Waals surface area contributed by atoms with Crippen molar-refractivity contribution in [3.05, 3.63) is 23.6 Å². The van der Waals surface area contributed by atoms with Crippen LogP contribution < -0.4 is 9.47 Å². The minimum atomic E-state index is 0.560. The van der Waals surface area contributed by atoms with Crippen LogP contribution in [0.5, 0.6) is 11.6 Å². The largest absolute Gasteiger partial charge is 0.496 e. The third kappa shape index (κ3) is 1.80. The van der Waals surface area contributed by atoms with E-state index < -0.39 is 0 Å². The van der Waals surface area contributed by atoms with Crippen molar-refractivity contribution in [1.82, 2.24) is 15.0 Å². The number of pyridine rings is 1. The Hall–Kier alpha value is -2.08. The molecule has 5 nitrogen and oxygen atoms in total. The Balaban J connectivity index is 2.07. The van der Waals surface area contributed by atoms with Gasteiger partial charge in [0.25, 0.3) is 0 Å². The first-order valence-electron chi connectivity index (χ1n) is 5.34. The number of aromatic amines is 1. The number of fused-ring (bicyclic) bond motifs is 1. The van der Waals surface area contributed by atoms with Crippen LogP contribution >= 0.6 is 11.3 Å². The second kappa shape index (κ2) is 4.30. The number of nitrogens with one attached hydrogen (secondary N) is 1. The van der Waals surface area contributed by atoms with Crippen LogP contribution in [0.1, 0.15) is 0 Å². The van der Waals surface area contributed by atoms with Crippen molar-refractivity contribution in [2.75, 3.05) is 14.2 Å². The number of rotatable bonds is 3. The van der Waals surface area contributed by atoms with E-state index in [0.29, 0.717) is 11.5 Å². The van der Waals surface area contributed by atoms with Crippen molar-refractivity contribution in [2.24, 2.45) is 0 Å². The van der Waals surface area contributed by atoms with Crippen molar-refractivity contribution in [3.63, 3.8) is 0 Å². The molecule has 0 unspecified atom stereocenters. The summed E-state index contributed by atoms with van der Waals surface area (Å²) in [6.07, 6.45) is 0. The molecule has 0 bridgehead atoms. The zero-order valence-corrected chi connectivity index (χ0v) is 10.7. The fourth-order valence-corrected chi connectivity index (χ4v) is 2.46. The molecule has 3 rings (SSSR count). The molecule has 92 valence electrons. The summed E-state index contributed by atoms with van der Waals surface area (Å²) in [6.45, 7) is 0. The molecule has 18 heavy (non-hydrogen) atoms. The molecule has 0 aliphatic rings. The summed E-state index contributed by atoms with van der Waals surface area (Å²) in [5, 5.41) is 1.94. The molecule has 0 saturated heterocycles. The standard InChI is InChI=1S/C12H11N3O2S/c1-16-7-5-9(18-6-7)12-13-8-3-4-10(17-2)14-11(8)15-12/h3-6H,1-2H3,(H,13,14,15). The highest BCUT2D eigenvalue weighted by Gasteiger charge is 2.09. The SMILES string of the molecule is COc1csc(-c2nc3nc(OC)ccc3[nH]2)c1. The lowest BCUT2D eigenvalue weighted by Crippen LogP contribution is -1.86. The number of ether oxygens (including phenoxy) is 2. The normalized spacial score (nSPS) is 10.8. The van der Waals surface area contributed by atoms with Gasteiger partial charge in [0.1, 0.15) is 5.75 Å². The van der Waals surface area contributed by atoms with Gasteiger partial charge in [-0.2, -0.15) is 4.98 Å². The molecule has 0 aromatic carbocycles. The van der Waals surface area contributed by atoms with Gasteiger partial charge < -0.3 is 14.5 Å². The molecule has 3 aromatic heterocycles. The predicted molar refractivity (Wildman–Crippen MR) is 70.3 cm³/mol. The molecule has 6 heteroatoms. The molecule has 3 aromatic rings. The number of imidazole rings is 1. The zero-order valence-electron chi connectivity index (χ0n) is 9.93. The monoisotopic (exact) mass is 261 g/mol. The highest BCUT2D eigenvalue weighted by Crippen LogP contribution is 2.30. The van der Waals surface area contributed by atoms with Crippen LogP contribution in [0.2, 0.25) is 0 Å². The average Bonchev–Trinajstić information content (AvgIpc) is 3.03. The highest BCUT2D eigenvalue weighted by molar-refractivity contribution is 7.13. The van der Waals surface area contributed by atoms with Gasteiger partial charge in [0, 0.05) is 17.5 Å². The second-order valence-electron chi connectivity index (χ2n) is 3.66. The van der Waals surface area contributed by atoms with E-state index in [-0.39, 0.29) is 0 Å². The van der Waals surface area contributed by atoms with Gasteiger partial charge in [-0.3, -0.25) is 0 Å². The Kier molecular flexibility index (Phi) is 2.64. The molecule has 0 atom stereocenters. The topological polar surface area (TPSA) is 60.0 Å². The number of nitrogens with zero attached hydrogens (tertiary/aromatic N) is 2. The van der Waals surface area contributed by atoms with Crippen LogP contribution in [0, 0.1) is 0 Å². The van der Waals surface area contributed by atoms with Crippen molar-refractivity contribution in [2.45, 2.75) is 0 Å². The lowest BCUT2D eigenvalue weighted by molar-refractivity contribution is 0.399. The second-order valence-corrected chi connectivity index (χ2v) is 4.57. The quantitative estimate of drug-likeness (QED) is 0.787. The summed E-state index contributed by atoms with van der Waals surface area (Å²) in [6, 6.07) is 5.65. The molecule has 0 fully saturated rings. The van der Waals surface area contributed by atoms with Crippen LogP contribution in [-0.2, 0) is 0 Å². The van der Waals surface area contributed by atoms with Crippen LogP contribution in [0.3, 0.4) is 0 Å². The van der Waals surface area contributed by atoms with E-state index in [4.69, 9.17) is 9.47 Å². The Bertz CT molecular complexity index is 690. The average molecular weight is 261 g/mol. The van der Waals surface area contributed by atoms with Gasteiger partial charge in [0.15, 0.2) is 11.5 Å². The number of hydrogen-bond donors (Lipinski definition) is 1. The smallest absolute Gasteiger partial charge is 0.215 e. The van der Waals surface area contributed by atoms with Gasteiger partial charge in [-0.1, -0.05) is 0 Å². The lowest BCUT2D eigenvalue weighted by atomic mass is 10.4. The fourth-order valence-electron chi connectivity index (χ4n) is 1.66. The van der Waals surface area contributed by atoms with E-state index in [1.165, 1.54) is 0 Å². The molecular formula is C12H11N3O2S. The van der Waals surface area contributed by atoms with E-state index in [9.17, 15) is 0 Å². The van der Waals surface area contributed by atoms with Gasteiger partial charge in [-0.25, -0.2) is 4.98 Å². The molecule has 3 heterocycles. The lowest BCUT2D eigenvalue weighted by Gasteiger charge is -1.95. The van der Waals surface area contributed by atoms with Gasteiger partial charge in [-0.15, -0.1) is 11.3 Å². The molecule has 1 N–H and O–H groups in total. The Morgan fingerprint density at radius 3 is 2.78 bits per heavy atom. The first-order valence-corrected chi connectivity index (χ1v) is 6.22. The van der Waals surface area contributed by atoms with Crippen molar-refractivity contribution in [1.29, 1.82) is 0 Å². The maximum absolute atomic E-state index is 5.16. The molecule has 0 spiro atoms. The third-order valence-electron chi connectivity index (χ3n) is 2.57. The van der Waals surface area contributed by atoms with Crippen LogP contribution in [-0.4, -0.2) is 29.2 Å². The van der Waals surface area contributed by atoms with E-state index in [2.05, 4.69) is 15.0 Å². The van der Waals surface area contributed by atoms with Crippen LogP contribution in [0.25, 0.3) is 21.9 Å². The van der Waals surface area contributed by atoms with Gasteiger partial charge in [0.05, 0.1) is 24.6 Å². The first-order chi connectivity index (χ1) is 8.80. The highest BCUT2D eigenvalue weighted by atomic mass is 32.1. The summed E-state index contributed by atoms with van der Waals surface area (Å²) in [5.74, 6) is 2.18. The number of aromatic nitrogens is 3.